The Morgan fingerprint density at radius 1 is 1.12 bits per heavy atom. The molecule has 0 aliphatic carbocycles. The van der Waals surface area contributed by atoms with Gasteiger partial charge in [-0.25, -0.2) is 4.79 Å². The molecule has 0 heterocycles. The van der Waals surface area contributed by atoms with Crippen LogP contribution < -0.4 is 0 Å². The minimum atomic E-state index is -0.948. The Kier molecular flexibility index (Phi) is 17.0. The van der Waals surface area contributed by atoms with Gasteiger partial charge in [-0.1, -0.05) is 45.4 Å². The average molecular weight is 372 g/mol. The molecule has 0 saturated carbocycles. The van der Waals surface area contributed by atoms with Crippen molar-refractivity contribution in [3.8, 4) is 0 Å². The van der Waals surface area contributed by atoms with Gasteiger partial charge in [0.2, 0.25) is 0 Å². The molecule has 7 heteroatoms. The van der Waals surface area contributed by atoms with E-state index < -0.39 is 23.2 Å². The lowest BCUT2D eigenvalue weighted by Gasteiger charge is -2.09. The fourth-order valence-corrected chi connectivity index (χ4v) is 2.54. The summed E-state index contributed by atoms with van der Waals surface area (Å²) in [4.78, 5) is 31.8. The molecule has 0 bridgehead atoms. The van der Waals surface area contributed by atoms with Crippen molar-refractivity contribution in [3.63, 3.8) is 0 Å². The number of esters is 1. The number of aliphatic carboxylic acids is 1. The fourth-order valence-electron chi connectivity index (χ4n) is 1.40. The van der Waals surface area contributed by atoms with Crippen LogP contribution in [-0.2, 0) is 14.3 Å². The van der Waals surface area contributed by atoms with E-state index in [0.717, 1.165) is 18.6 Å². The summed E-state index contributed by atoms with van der Waals surface area (Å²) in [6.07, 6.45) is 1.94. The van der Waals surface area contributed by atoms with Crippen molar-refractivity contribution in [2.45, 2.75) is 45.3 Å². The van der Waals surface area contributed by atoms with Crippen LogP contribution >= 0.6 is 11.8 Å². The first-order valence-electron chi connectivity index (χ1n) is 8.11. The fraction of sp³-hybridized carbons (Fsp3) is 0.500. The first-order chi connectivity index (χ1) is 11.9. The van der Waals surface area contributed by atoms with E-state index in [9.17, 15) is 14.4 Å². The number of carboxylic acid groups (broad SMARTS) is 2. The molecule has 0 radical (unpaired) electrons. The lowest BCUT2D eigenvalue weighted by molar-refractivity contribution is -0.145. The third-order valence-corrected chi connectivity index (χ3v) is 3.99. The summed E-state index contributed by atoms with van der Waals surface area (Å²) >= 11 is 1.30. The Morgan fingerprint density at radius 3 is 2.04 bits per heavy atom. The Hall–Kier alpha value is -2.02. The predicted octanol–water partition coefficient (Wildman–Crippen LogP) is 3.95. The van der Waals surface area contributed by atoms with E-state index in [-0.39, 0.29) is 6.42 Å². The second kappa shape index (κ2) is 16.8. The van der Waals surface area contributed by atoms with Gasteiger partial charge in [-0.2, -0.15) is 0 Å². The van der Waals surface area contributed by atoms with Gasteiger partial charge in [0.15, 0.2) is 0 Å². The zero-order chi connectivity index (χ0) is 19.7. The normalized spacial score (nSPS) is 10.2. The van der Waals surface area contributed by atoms with Crippen molar-refractivity contribution in [2.75, 3.05) is 12.9 Å². The summed E-state index contributed by atoms with van der Waals surface area (Å²) in [7, 11) is 1.26. The zero-order valence-corrected chi connectivity index (χ0v) is 16.0. The first kappa shape index (κ1) is 25.2. The SMILES string of the molecule is CC.CCCCS[C@@H](CC(=O)OC)C(=O)O.O=C(O)c1ccccc1. The molecule has 0 aliphatic rings. The van der Waals surface area contributed by atoms with E-state index >= 15 is 0 Å². The van der Waals surface area contributed by atoms with Crippen molar-refractivity contribution < 1.29 is 29.3 Å². The Bertz CT molecular complexity index is 490. The van der Waals surface area contributed by atoms with E-state index in [0.29, 0.717) is 5.56 Å². The monoisotopic (exact) mass is 372 g/mol. The predicted molar refractivity (Wildman–Crippen MR) is 100 cm³/mol. The lowest BCUT2D eigenvalue weighted by Crippen LogP contribution is -2.21. The largest absolute Gasteiger partial charge is 0.480 e. The molecule has 1 aromatic carbocycles. The molecule has 1 atom stereocenters. The second-order valence-electron chi connectivity index (χ2n) is 4.50. The number of carboxylic acids is 2. The van der Waals surface area contributed by atoms with Crippen molar-refractivity contribution in [1.29, 1.82) is 0 Å². The lowest BCUT2D eigenvalue weighted by atomic mass is 10.2. The molecule has 0 saturated heterocycles. The summed E-state index contributed by atoms with van der Waals surface area (Å²) in [5.41, 5.74) is 0.331. The second-order valence-corrected chi connectivity index (χ2v) is 5.81. The van der Waals surface area contributed by atoms with E-state index in [2.05, 4.69) is 4.74 Å². The van der Waals surface area contributed by atoms with Crippen LogP contribution in [-0.4, -0.2) is 46.2 Å². The van der Waals surface area contributed by atoms with Gasteiger partial charge in [0.1, 0.15) is 5.25 Å². The zero-order valence-electron chi connectivity index (χ0n) is 15.2. The minimum absolute atomic E-state index is 0.0553. The number of thioether (sulfide) groups is 1. The number of methoxy groups -OCH3 is 1. The first-order valence-corrected chi connectivity index (χ1v) is 9.16. The van der Waals surface area contributed by atoms with Gasteiger partial charge in [0.05, 0.1) is 19.1 Å². The number of rotatable bonds is 8. The van der Waals surface area contributed by atoms with Gasteiger partial charge in [-0.05, 0) is 24.3 Å². The molecular formula is C18H28O6S. The number of ether oxygens (including phenoxy) is 1. The molecule has 0 fully saturated rings. The third kappa shape index (κ3) is 14.1. The quantitative estimate of drug-likeness (QED) is 0.526. The average Bonchev–Trinajstić information content (AvgIpc) is 2.63. The number of benzene rings is 1. The van der Waals surface area contributed by atoms with E-state index in [1.165, 1.54) is 18.9 Å². The summed E-state index contributed by atoms with van der Waals surface area (Å²) < 4.78 is 4.42. The highest BCUT2D eigenvalue weighted by atomic mass is 32.2. The smallest absolute Gasteiger partial charge is 0.335 e. The summed E-state index contributed by atoms with van der Waals surface area (Å²) in [5, 5.41) is 16.5. The van der Waals surface area contributed by atoms with Crippen LogP contribution in [0, 0.1) is 0 Å². The molecule has 1 aromatic rings. The molecule has 0 amide bonds. The van der Waals surface area contributed by atoms with Crippen LogP contribution in [0.2, 0.25) is 0 Å². The Balaban J connectivity index is 0. The highest BCUT2D eigenvalue weighted by molar-refractivity contribution is 8.00. The number of hydrogen-bond acceptors (Lipinski definition) is 5. The molecule has 142 valence electrons. The summed E-state index contributed by atoms with van der Waals surface area (Å²) in [6, 6.07) is 8.30. The maximum Gasteiger partial charge on any atom is 0.335 e. The van der Waals surface area contributed by atoms with E-state index in [1.807, 2.05) is 20.8 Å². The number of carbonyl (C=O) groups is 3. The molecule has 6 nitrogen and oxygen atoms in total. The van der Waals surface area contributed by atoms with Crippen LogP contribution in [0.25, 0.3) is 0 Å². The number of unbranched alkanes of at least 4 members (excludes halogenated alkanes) is 1. The highest BCUT2D eigenvalue weighted by Crippen LogP contribution is 2.17. The van der Waals surface area contributed by atoms with Crippen LogP contribution in [0.5, 0.6) is 0 Å². The topological polar surface area (TPSA) is 101 Å². The van der Waals surface area contributed by atoms with Crippen molar-refractivity contribution in [2.24, 2.45) is 0 Å². The van der Waals surface area contributed by atoms with Gasteiger partial charge in [-0.3, -0.25) is 9.59 Å². The number of aromatic carboxylic acids is 1. The van der Waals surface area contributed by atoms with Crippen molar-refractivity contribution in [1.82, 2.24) is 0 Å². The molecule has 0 aliphatic heterocycles. The van der Waals surface area contributed by atoms with Gasteiger partial charge < -0.3 is 14.9 Å². The van der Waals surface area contributed by atoms with Gasteiger partial charge in [0, 0.05) is 0 Å². The Labute approximate surface area is 153 Å². The molecule has 1 rings (SSSR count). The maximum atomic E-state index is 10.9. The van der Waals surface area contributed by atoms with Gasteiger partial charge in [-0.15, -0.1) is 11.8 Å². The number of hydrogen-bond donors (Lipinski definition) is 2. The van der Waals surface area contributed by atoms with Crippen LogP contribution in [0.3, 0.4) is 0 Å². The molecule has 0 aromatic heterocycles. The number of carbonyl (C=O) groups excluding carboxylic acids is 1. The van der Waals surface area contributed by atoms with Crippen LogP contribution in [0.1, 0.15) is 50.4 Å². The van der Waals surface area contributed by atoms with Crippen LogP contribution in [0.15, 0.2) is 30.3 Å². The molecular weight excluding hydrogens is 344 g/mol. The molecule has 2 N–H and O–H groups in total. The molecule has 0 spiro atoms. The minimum Gasteiger partial charge on any atom is -0.480 e. The van der Waals surface area contributed by atoms with Crippen LogP contribution in [0.4, 0.5) is 0 Å². The van der Waals surface area contributed by atoms with Gasteiger partial charge >= 0.3 is 17.9 Å². The maximum absolute atomic E-state index is 10.9. The summed E-state index contributed by atoms with van der Waals surface area (Å²) in [6.45, 7) is 6.04. The Morgan fingerprint density at radius 2 is 1.68 bits per heavy atom. The standard InChI is InChI=1S/C9H16O4S.C7H6O2.C2H6/c1-3-4-5-14-7(9(11)12)6-8(10)13-2;8-7(9)6-4-2-1-3-5-6;1-2/h7H,3-6H2,1-2H3,(H,11,12);1-5H,(H,8,9);1-2H3/t7-;;/m0../s1. The van der Waals surface area contributed by atoms with E-state index in [1.54, 1.807) is 30.3 Å². The summed E-state index contributed by atoms with van der Waals surface area (Å²) in [5.74, 6) is -1.53. The van der Waals surface area contributed by atoms with Crippen molar-refractivity contribution in [3.05, 3.63) is 35.9 Å². The third-order valence-electron chi connectivity index (χ3n) is 2.69. The highest BCUT2D eigenvalue weighted by Gasteiger charge is 2.21. The molecule has 25 heavy (non-hydrogen) atoms. The van der Waals surface area contributed by atoms with E-state index in [4.69, 9.17) is 10.2 Å². The van der Waals surface area contributed by atoms with Crippen molar-refractivity contribution >= 4 is 29.7 Å². The van der Waals surface area contributed by atoms with Gasteiger partial charge in [0.25, 0.3) is 0 Å². The molecule has 0 unspecified atom stereocenters.